The van der Waals surface area contributed by atoms with Crippen LogP contribution in [-0.2, 0) is 11.0 Å². The van der Waals surface area contributed by atoms with Crippen molar-refractivity contribution in [1.82, 2.24) is 0 Å². The highest BCUT2D eigenvalue weighted by Crippen LogP contribution is 2.41. The molecule has 1 rings (SSSR count). The SMILES string of the molecule is Cc1c(C(F)(F)F)cc(Cl)c(Cl)c1NC=O. The molecule has 0 bridgehead atoms. The van der Waals surface area contributed by atoms with Gasteiger partial charge in [-0.15, -0.1) is 0 Å². The second-order valence-electron chi connectivity index (χ2n) is 2.98. The summed E-state index contributed by atoms with van der Waals surface area (Å²) in [6.45, 7) is 1.21. The molecule has 1 amide bonds. The Morgan fingerprint density at radius 1 is 1.38 bits per heavy atom. The Morgan fingerprint density at radius 3 is 2.38 bits per heavy atom. The van der Waals surface area contributed by atoms with Gasteiger partial charge < -0.3 is 5.32 Å². The monoisotopic (exact) mass is 271 g/mol. The minimum atomic E-state index is -4.54. The third-order valence-corrected chi connectivity index (χ3v) is 2.78. The van der Waals surface area contributed by atoms with Crippen molar-refractivity contribution in [3.63, 3.8) is 0 Å². The van der Waals surface area contributed by atoms with Gasteiger partial charge in [0.2, 0.25) is 6.41 Å². The van der Waals surface area contributed by atoms with Crippen molar-refractivity contribution in [1.29, 1.82) is 0 Å². The number of benzene rings is 1. The van der Waals surface area contributed by atoms with Crippen LogP contribution in [0.4, 0.5) is 18.9 Å². The van der Waals surface area contributed by atoms with Gasteiger partial charge in [-0.05, 0) is 18.6 Å². The summed E-state index contributed by atoms with van der Waals surface area (Å²) >= 11 is 11.2. The smallest absolute Gasteiger partial charge is 0.327 e. The number of nitrogens with one attached hydrogen (secondary N) is 1. The van der Waals surface area contributed by atoms with E-state index >= 15 is 0 Å². The van der Waals surface area contributed by atoms with Crippen LogP contribution in [0.25, 0.3) is 0 Å². The van der Waals surface area contributed by atoms with Gasteiger partial charge >= 0.3 is 6.18 Å². The highest BCUT2D eigenvalue weighted by atomic mass is 35.5. The lowest BCUT2D eigenvalue weighted by molar-refractivity contribution is -0.138. The summed E-state index contributed by atoms with van der Waals surface area (Å²) in [5.41, 5.74) is -1.23. The molecule has 0 fully saturated rings. The molecule has 88 valence electrons. The first kappa shape index (κ1) is 13.1. The Hall–Kier alpha value is -0.940. The summed E-state index contributed by atoms with van der Waals surface area (Å²) in [6, 6.07) is 0.731. The van der Waals surface area contributed by atoms with Gasteiger partial charge in [0, 0.05) is 0 Å². The minimum absolute atomic E-state index is 0.112. The summed E-state index contributed by atoms with van der Waals surface area (Å²) < 4.78 is 37.7. The number of alkyl halides is 3. The Labute approximate surface area is 99.3 Å². The van der Waals surface area contributed by atoms with E-state index in [4.69, 9.17) is 23.2 Å². The molecule has 0 atom stereocenters. The van der Waals surface area contributed by atoms with E-state index in [1.54, 1.807) is 0 Å². The molecule has 0 radical (unpaired) electrons. The summed E-state index contributed by atoms with van der Waals surface area (Å²) in [4.78, 5) is 10.3. The maximum atomic E-state index is 12.6. The lowest BCUT2D eigenvalue weighted by atomic mass is 10.1. The number of rotatable bonds is 2. The predicted molar refractivity (Wildman–Crippen MR) is 55.9 cm³/mol. The maximum Gasteiger partial charge on any atom is 0.416 e. The van der Waals surface area contributed by atoms with Crippen molar-refractivity contribution in [3.05, 3.63) is 27.2 Å². The van der Waals surface area contributed by atoms with Gasteiger partial charge in [0.05, 0.1) is 21.3 Å². The van der Waals surface area contributed by atoms with E-state index in [9.17, 15) is 18.0 Å². The molecule has 16 heavy (non-hydrogen) atoms. The largest absolute Gasteiger partial charge is 0.416 e. The fraction of sp³-hybridized carbons (Fsp3) is 0.222. The molecule has 0 aromatic heterocycles. The van der Waals surface area contributed by atoms with Gasteiger partial charge in [0.15, 0.2) is 0 Å². The van der Waals surface area contributed by atoms with Gasteiger partial charge in [0.25, 0.3) is 0 Å². The van der Waals surface area contributed by atoms with E-state index in [0.29, 0.717) is 0 Å². The Morgan fingerprint density at radius 2 is 1.94 bits per heavy atom. The number of hydrogen-bond acceptors (Lipinski definition) is 1. The van der Waals surface area contributed by atoms with E-state index in [1.165, 1.54) is 6.92 Å². The first-order valence-electron chi connectivity index (χ1n) is 4.05. The van der Waals surface area contributed by atoms with Gasteiger partial charge in [-0.2, -0.15) is 13.2 Å². The van der Waals surface area contributed by atoms with E-state index in [0.717, 1.165) is 6.07 Å². The fourth-order valence-corrected chi connectivity index (χ4v) is 1.70. The van der Waals surface area contributed by atoms with Crippen LogP contribution in [-0.4, -0.2) is 6.41 Å². The summed E-state index contributed by atoms with van der Waals surface area (Å²) in [5, 5.41) is 1.73. The second kappa shape index (κ2) is 4.51. The molecule has 0 heterocycles. The average molecular weight is 272 g/mol. The van der Waals surface area contributed by atoms with E-state index in [1.807, 2.05) is 0 Å². The molecule has 0 aliphatic heterocycles. The molecule has 0 aliphatic carbocycles. The third kappa shape index (κ3) is 2.41. The van der Waals surface area contributed by atoms with E-state index in [2.05, 4.69) is 5.32 Å². The van der Waals surface area contributed by atoms with Crippen LogP contribution in [0, 0.1) is 6.92 Å². The van der Waals surface area contributed by atoms with Gasteiger partial charge in [-0.25, -0.2) is 0 Å². The van der Waals surface area contributed by atoms with Gasteiger partial charge in [-0.3, -0.25) is 4.79 Å². The summed E-state index contributed by atoms with van der Waals surface area (Å²) in [5.74, 6) is 0. The maximum absolute atomic E-state index is 12.6. The molecule has 1 N–H and O–H groups in total. The van der Waals surface area contributed by atoms with Crippen molar-refractivity contribution in [2.75, 3.05) is 5.32 Å². The van der Waals surface area contributed by atoms with Crippen LogP contribution in [0.3, 0.4) is 0 Å². The van der Waals surface area contributed by atoms with Crippen molar-refractivity contribution in [3.8, 4) is 0 Å². The lowest BCUT2D eigenvalue weighted by Crippen LogP contribution is -2.10. The molecule has 0 saturated heterocycles. The van der Waals surface area contributed by atoms with Crippen molar-refractivity contribution in [2.45, 2.75) is 13.1 Å². The molecular weight excluding hydrogens is 266 g/mol. The van der Waals surface area contributed by atoms with Crippen molar-refractivity contribution < 1.29 is 18.0 Å². The zero-order chi connectivity index (χ0) is 12.5. The number of anilines is 1. The molecular formula is C9H6Cl2F3NO. The van der Waals surface area contributed by atoms with Gasteiger partial charge in [-0.1, -0.05) is 23.2 Å². The van der Waals surface area contributed by atoms with Crippen LogP contribution in [0.2, 0.25) is 10.0 Å². The van der Waals surface area contributed by atoms with Gasteiger partial charge in [0.1, 0.15) is 0 Å². The zero-order valence-electron chi connectivity index (χ0n) is 7.95. The number of amides is 1. The average Bonchev–Trinajstić information content (AvgIpc) is 2.16. The number of carbonyl (C=O) groups is 1. The normalized spacial score (nSPS) is 11.4. The highest BCUT2D eigenvalue weighted by Gasteiger charge is 2.34. The van der Waals surface area contributed by atoms with Crippen LogP contribution in [0.5, 0.6) is 0 Å². The molecule has 7 heteroatoms. The highest BCUT2D eigenvalue weighted by molar-refractivity contribution is 6.44. The van der Waals surface area contributed by atoms with E-state index < -0.39 is 11.7 Å². The minimum Gasteiger partial charge on any atom is -0.327 e. The third-order valence-electron chi connectivity index (χ3n) is 1.99. The molecule has 0 unspecified atom stereocenters. The predicted octanol–water partition coefficient (Wildman–Crippen LogP) is 3.89. The molecule has 0 spiro atoms. The van der Waals surface area contributed by atoms with E-state index in [-0.39, 0.29) is 27.7 Å². The van der Waals surface area contributed by atoms with Crippen LogP contribution < -0.4 is 5.32 Å². The number of halogens is 5. The summed E-state index contributed by atoms with van der Waals surface area (Å²) in [7, 11) is 0. The van der Waals surface area contributed by atoms with Crippen molar-refractivity contribution >= 4 is 35.3 Å². The standard InChI is InChI=1S/C9H6Cl2F3NO/c1-4-5(9(12,13)14)2-6(10)7(11)8(4)15-3-16/h2-3H,1H3,(H,15,16). The molecule has 0 saturated carbocycles. The summed E-state index contributed by atoms with van der Waals surface area (Å²) in [6.07, 6.45) is -4.30. The Bertz CT molecular complexity index is 432. The molecule has 1 aromatic rings. The second-order valence-corrected chi connectivity index (χ2v) is 3.77. The van der Waals surface area contributed by atoms with Crippen LogP contribution in [0.1, 0.15) is 11.1 Å². The Balaban J connectivity index is 3.50. The number of hydrogen-bond donors (Lipinski definition) is 1. The quantitative estimate of drug-likeness (QED) is 0.813. The first-order chi connectivity index (χ1) is 7.29. The topological polar surface area (TPSA) is 29.1 Å². The van der Waals surface area contributed by atoms with Crippen LogP contribution in [0.15, 0.2) is 6.07 Å². The lowest BCUT2D eigenvalue weighted by Gasteiger charge is -2.15. The molecule has 0 aliphatic rings. The molecule has 2 nitrogen and oxygen atoms in total. The molecule has 1 aromatic carbocycles. The first-order valence-corrected chi connectivity index (χ1v) is 4.80. The fourth-order valence-electron chi connectivity index (χ4n) is 1.24. The van der Waals surface area contributed by atoms with Crippen molar-refractivity contribution in [2.24, 2.45) is 0 Å². The number of carbonyl (C=O) groups excluding carboxylic acids is 1. The Kier molecular flexibility index (Phi) is 3.70. The van der Waals surface area contributed by atoms with Crippen LogP contribution >= 0.6 is 23.2 Å². The zero-order valence-corrected chi connectivity index (χ0v) is 9.46.